The Hall–Kier alpha value is -1.31. The molecule has 1 rings (SSSR count). The molecule has 12 heavy (non-hydrogen) atoms. The van der Waals surface area contributed by atoms with E-state index in [1.807, 2.05) is 6.20 Å². The second kappa shape index (κ2) is 3.39. The first-order valence-electron chi connectivity index (χ1n) is 3.94. The van der Waals surface area contributed by atoms with Crippen LogP contribution in [0.15, 0.2) is 16.8 Å². The Labute approximate surface area is 73.0 Å². The van der Waals surface area contributed by atoms with E-state index in [1.54, 1.807) is 0 Å². The molecule has 0 aliphatic heterocycles. The lowest BCUT2D eigenvalue weighted by molar-refractivity contribution is 1.34. The first-order valence-corrected chi connectivity index (χ1v) is 3.94. The second-order valence-corrected chi connectivity index (χ2v) is 3.11. The molecule has 0 atom stereocenters. The average molecular weight is 162 g/mol. The topological polar surface area (TPSA) is 28.1 Å². The third-order valence-electron chi connectivity index (χ3n) is 1.70. The zero-order valence-electron chi connectivity index (χ0n) is 7.81. The van der Waals surface area contributed by atoms with E-state index in [-0.39, 0.29) is 0 Å². The Balaban J connectivity index is 3.19. The molecule has 1 aromatic heterocycles. The van der Waals surface area contributed by atoms with Gasteiger partial charge in [0, 0.05) is 11.8 Å². The molecule has 0 aromatic carbocycles. The molecular formula is C10H14N2. The summed E-state index contributed by atoms with van der Waals surface area (Å²) in [7, 11) is 0. The average Bonchev–Trinajstić information content (AvgIpc) is 2.32. The van der Waals surface area contributed by atoms with Crippen LogP contribution in [0.1, 0.15) is 25.0 Å². The van der Waals surface area contributed by atoms with Gasteiger partial charge in [0.1, 0.15) is 5.82 Å². The van der Waals surface area contributed by atoms with Gasteiger partial charge in [-0.05, 0) is 33.1 Å². The SMILES string of the molecule is C=Nc1[nH]cc(C)c1C=C(C)C. The molecule has 2 nitrogen and oxygen atoms in total. The van der Waals surface area contributed by atoms with Crippen LogP contribution in [0, 0.1) is 6.92 Å². The summed E-state index contributed by atoms with van der Waals surface area (Å²) in [6, 6.07) is 0. The molecule has 1 heterocycles. The zero-order valence-corrected chi connectivity index (χ0v) is 7.81. The van der Waals surface area contributed by atoms with Crippen LogP contribution in [0.5, 0.6) is 0 Å². The molecule has 0 spiro atoms. The van der Waals surface area contributed by atoms with E-state index in [2.05, 4.69) is 43.5 Å². The van der Waals surface area contributed by atoms with Gasteiger partial charge >= 0.3 is 0 Å². The van der Waals surface area contributed by atoms with Crippen LogP contribution >= 0.6 is 0 Å². The van der Waals surface area contributed by atoms with E-state index in [4.69, 9.17) is 0 Å². The molecule has 64 valence electrons. The van der Waals surface area contributed by atoms with Crippen LogP contribution in [0.4, 0.5) is 5.82 Å². The first-order chi connectivity index (χ1) is 5.65. The highest BCUT2D eigenvalue weighted by molar-refractivity contribution is 5.67. The molecule has 0 aliphatic carbocycles. The Morgan fingerprint density at radius 1 is 1.58 bits per heavy atom. The third kappa shape index (κ3) is 1.64. The van der Waals surface area contributed by atoms with Gasteiger partial charge in [0.05, 0.1) is 0 Å². The zero-order chi connectivity index (χ0) is 9.14. The van der Waals surface area contributed by atoms with E-state index in [1.165, 1.54) is 11.1 Å². The van der Waals surface area contributed by atoms with Crippen molar-refractivity contribution in [1.82, 2.24) is 4.98 Å². The molecule has 0 amide bonds. The van der Waals surface area contributed by atoms with Gasteiger partial charge in [-0.1, -0.05) is 11.6 Å². The molecule has 0 aliphatic rings. The molecule has 1 N–H and O–H groups in total. The second-order valence-electron chi connectivity index (χ2n) is 3.11. The van der Waals surface area contributed by atoms with Crippen LogP contribution in [0.25, 0.3) is 6.08 Å². The minimum Gasteiger partial charge on any atom is -0.346 e. The fourth-order valence-corrected chi connectivity index (χ4v) is 1.12. The molecule has 0 unspecified atom stereocenters. The van der Waals surface area contributed by atoms with Gasteiger partial charge in [-0.15, -0.1) is 0 Å². The number of H-pyrrole nitrogens is 1. The van der Waals surface area contributed by atoms with Crippen molar-refractivity contribution in [1.29, 1.82) is 0 Å². The summed E-state index contributed by atoms with van der Waals surface area (Å²) in [6.07, 6.45) is 4.05. The normalized spacial score (nSPS) is 9.58. The quantitative estimate of drug-likeness (QED) is 0.647. The van der Waals surface area contributed by atoms with Gasteiger partial charge in [-0.3, -0.25) is 0 Å². The number of allylic oxidation sites excluding steroid dienone is 1. The first kappa shape index (κ1) is 8.78. The molecule has 0 radical (unpaired) electrons. The predicted molar refractivity (Wildman–Crippen MR) is 54.1 cm³/mol. The van der Waals surface area contributed by atoms with Gasteiger partial charge in [0.25, 0.3) is 0 Å². The minimum atomic E-state index is 0.855. The van der Waals surface area contributed by atoms with Crippen molar-refractivity contribution >= 4 is 18.6 Å². The highest BCUT2D eigenvalue weighted by Gasteiger charge is 2.02. The Morgan fingerprint density at radius 2 is 2.25 bits per heavy atom. The van der Waals surface area contributed by atoms with Crippen molar-refractivity contribution in [3.05, 3.63) is 22.9 Å². The highest BCUT2D eigenvalue weighted by atomic mass is 14.9. The van der Waals surface area contributed by atoms with Crippen LogP contribution in [0.3, 0.4) is 0 Å². The summed E-state index contributed by atoms with van der Waals surface area (Å²) < 4.78 is 0. The van der Waals surface area contributed by atoms with Gasteiger partial charge in [0.15, 0.2) is 0 Å². The van der Waals surface area contributed by atoms with Crippen molar-refractivity contribution in [2.75, 3.05) is 0 Å². The van der Waals surface area contributed by atoms with Gasteiger partial charge < -0.3 is 4.98 Å². The lowest BCUT2D eigenvalue weighted by atomic mass is 10.1. The monoisotopic (exact) mass is 162 g/mol. The summed E-state index contributed by atoms with van der Waals surface area (Å²) in [5.41, 5.74) is 3.62. The molecule has 1 aromatic rings. The number of hydrogen-bond acceptors (Lipinski definition) is 1. The van der Waals surface area contributed by atoms with Crippen molar-refractivity contribution in [2.24, 2.45) is 4.99 Å². The highest BCUT2D eigenvalue weighted by Crippen LogP contribution is 2.23. The summed E-state index contributed by atoms with van der Waals surface area (Å²) in [6.45, 7) is 9.69. The van der Waals surface area contributed by atoms with Crippen molar-refractivity contribution in [3.8, 4) is 0 Å². The van der Waals surface area contributed by atoms with Crippen LogP contribution in [0.2, 0.25) is 0 Å². The molecule has 0 saturated heterocycles. The fraction of sp³-hybridized carbons (Fsp3) is 0.300. The van der Waals surface area contributed by atoms with Gasteiger partial charge in [-0.2, -0.15) is 0 Å². The maximum atomic E-state index is 3.89. The molecule has 0 saturated carbocycles. The van der Waals surface area contributed by atoms with Crippen molar-refractivity contribution in [2.45, 2.75) is 20.8 Å². The number of hydrogen-bond donors (Lipinski definition) is 1. The van der Waals surface area contributed by atoms with Crippen molar-refractivity contribution in [3.63, 3.8) is 0 Å². The van der Waals surface area contributed by atoms with E-state index in [0.29, 0.717) is 0 Å². The number of aromatic nitrogens is 1. The summed E-state index contributed by atoms with van der Waals surface area (Å²) in [4.78, 5) is 6.95. The Morgan fingerprint density at radius 3 is 2.75 bits per heavy atom. The summed E-state index contributed by atoms with van der Waals surface area (Å²) >= 11 is 0. The number of aromatic amines is 1. The van der Waals surface area contributed by atoms with E-state index >= 15 is 0 Å². The standard InChI is InChI=1S/C10H14N2/c1-7(2)5-9-8(3)6-12-10(9)11-4/h5-6,12H,4H2,1-3H3. The smallest absolute Gasteiger partial charge is 0.136 e. The maximum absolute atomic E-state index is 3.89. The summed E-state index contributed by atoms with van der Waals surface area (Å²) in [5.74, 6) is 0.855. The van der Waals surface area contributed by atoms with Crippen LogP contribution in [-0.4, -0.2) is 11.7 Å². The number of aryl methyl sites for hydroxylation is 1. The largest absolute Gasteiger partial charge is 0.346 e. The van der Waals surface area contributed by atoms with Gasteiger partial charge in [-0.25, -0.2) is 4.99 Å². The maximum Gasteiger partial charge on any atom is 0.136 e. The lowest BCUT2D eigenvalue weighted by Gasteiger charge is -1.94. The van der Waals surface area contributed by atoms with E-state index in [9.17, 15) is 0 Å². The number of nitrogens with zero attached hydrogens (tertiary/aromatic N) is 1. The minimum absolute atomic E-state index is 0.855. The molecule has 0 fully saturated rings. The lowest BCUT2D eigenvalue weighted by Crippen LogP contribution is -1.73. The van der Waals surface area contributed by atoms with E-state index in [0.717, 1.165) is 11.4 Å². The number of nitrogens with one attached hydrogen (secondary N) is 1. The Kier molecular flexibility index (Phi) is 2.48. The molecule has 2 heteroatoms. The van der Waals surface area contributed by atoms with Gasteiger partial charge in [0.2, 0.25) is 0 Å². The van der Waals surface area contributed by atoms with Crippen LogP contribution in [-0.2, 0) is 0 Å². The molecular weight excluding hydrogens is 148 g/mol. The van der Waals surface area contributed by atoms with Crippen molar-refractivity contribution < 1.29 is 0 Å². The fourth-order valence-electron chi connectivity index (χ4n) is 1.12. The number of rotatable bonds is 2. The molecule has 0 bridgehead atoms. The number of aliphatic imine (C=N–C) groups is 1. The predicted octanol–water partition coefficient (Wildman–Crippen LogP) is 3.08. The Bertz CT molecular complexity index is 315. The van der Waals surface area contributed by atoms with E-state index < -0.39 is 0 Å². The van der Waals surface area contributed by atoms with Crippen LogP contribution < -0.4 is 0 Å². The third-order valence-corrected chi connectivity index (χ3v) is 1.70. The summed E-state index contributed by atoms with van der Waals surface area (Å²) in [5, 5.41) is 0.